The molecule has 0 aliphatic carbocycles. The van der Waals surface area contributed by atoms with Crippen LogP contribution < -0.4 is 0 Å². The largest absolute Gasteiger partial charge is 0.479 e. The average molecular weight is 280 g/mol. The summed E-state index contributed by atoms with van der Waals surface area (Å²) in [6, 6.07) is 3.04. The molecule has 76 valence electrons. The van der Waals surface area contributed by atoms with Crippen LogP contribution in [0.15, 0.2) is 16.6 Å². The van der Waals surface area contributed by atoms with E-state index >= 15 is 0 Å². The molecule has 1 atom stereocenters. The fraction of sp³-hybridized carbons (Fsp3) is 0.222. The molecule has 0 radical (unpaired) electrons. The van der Waals surface area contributed by atoms with Gasteiger partial charge in [-0.2, -0.15) is 0 Å². The van der Waals surface area contributed by atoms with E-state index in [9.17, 15) is 9.90 Å². The molecule has 14 heavy (non-hydrogen) atoms. The molecule has 1 aromatic rings. The van der Waals surface area contributed by atoms with Crippen molar-refractivity contribution < 1.29 is 15.0 Å². The number of aliphatic hydroxyl groups excluding tert-OH is 1. The van der Waals surface area contributed by atoms with Crippen molar-refractivity contribution in [3.8, 4) is 0 Å². The van der Waals surface area contributed by atoms with E-state index in [1.54, 1.807) is 13.0 Å². The van der Waals surface area contributed by atoms with Crippen molar-refractivity contribution in [3.05, 3.63) is 32.8 Å². The molecular weight excluding hydrogens is 271 g/mol. The third-order valence-electron chi connectivity index (χ3n) is 1.88. The SMILES string of the molecule is Cc1c(Cl)ccc(C(O)C(=O)O)c1Br. The van der Waals surface area contributed by atoms with Crippen LogP contribution in [0.3, 0.4) is 0 Å². The van der Waals surface area contributed by atoms with Gasteiger partial charge >= 0.3 is 5.97 Å². The van der Waals surface area contributed by atoms with Gasteiger partial charge in [0.05, 0.1) is 0 Å². The molecule has 0 spiro atoms. The fourth-order valence-electron chi connectivity index (χ4n) is 1.03. The summed E-state index contributed by atoms with van der Waals surface area (Å²) < 4.78 is 0.528. The van der Waals surface area contributed by atoms with E-state index in [4.69, 9.17) is 16.7 Å². The summed E-state index contributed by atoms with van der Waals surface area (Å²) in [5.74, 6) is -1.28. The Labute approximate surface area is 94.4 Å². The lowest BCUT2D eigenvalue weighted by atomic mass is 10.1. The zero-order valence-electron chi connectivity index (χ0n) is 7.29. The first kappa shape index (κ1) is 11.5. The molecule has 1 aromatic carbocycles. The van der Waals surface area contributed by atoms with Crippen LogP contribution >= 0.6 is 27.5 Å². The minimum absolute atomic E-state index is 0.305. The second kappa shape index (κ2) is 4.29. The van der Waals surface area contributed by atoms with E-state index in [1.165, 1.54) is 6.07 Å². The quantitative estimate of drug-likeness (QED) is 0.874. The van der Waals surface area contributed by atoms with E-state index in [1.807, 2.05) is 0 Å². The highest BCUT2D eigenvalue weighted by atomic mass is 79.9. The van der Waals surface area contributed by atoms with Crippen LogP contribution in [0.25, 0.3) is 0 Å². The lowest BCUT2D eigenvalue weighted by Gasteiger charge is -2.11. The van der Waals surface area contributed by atoms with Crippen molar-refractivity contribution >= 4 is 33.5 Å². The molecule has 0 saturated heterocycles. The molecular formula is C9H8BrClO3. The predicted octanol–water partition coefficient (Wildman–Crippen LogP) is 2.53. The normalized spacial score (nSPS) is 12.6. The molecule has 0 heterocycles. The second-order valence-corrected chi connectivity index (χ2v) is 4.02. The van der Waals surface area contributed by atoms with Gasteiger partial charge in [0.1, 0.15) is 0 Å². The molecule has 1 rings (SSSR count). The summed E-state index contributed by atoms with van der Waals surface area (Å²) in [7, 11) is 0. The predicted molar refractivity (Wildman–Crippen MR) is 56.5 cm³/mol. The topological polar surface area (TPSA) is 57.5 Å². The molecule has 0 bridgehead atoms. The Hall–Kier alpha value is -0.580. The number of aliphatic carboxylic acids is 1. The zero-order chi connectivity index (χ0) is 10.9. The van der Waals surface area contributed by atoms with Crippen molar-refractivity contribution in [2.75, 3.05) is 0 Å². The minimum atomic E-state index is -1.53. The lowest BCUT2D eigenvalue weighted by Crippen LogP contribution is -2.11. The number of carboxylic acid groups (broad SMARTS) is 1. The van der Waals surface area contributed by atoms with Crippen LogP contribution in [0.4, 0.5) is 0 Å². The summed E-state index contributed by atoms with van der Waals surface area (Å²) in [6.45, 7) is 1.74. The highest BCUT2D eigenvalue weighted by Crippen LogP contribution is 2.31. The van der Waals surface area contributed by atoms with Gasteiger partial charge in [-0.1, -0.05) is 33.6 Å². The Morgan fingerprint density at radius 1 is 1.57 bits per heavy atom. The van der Waals surface area contributed by atoms with Crippen LogP contribution in [0, 0.1) is 6.92 Å². The van der Waals surface area contributed by atoms with Crippen LogP contribution in [0.1, 0.15) is 17.2 Å². The maximum absolute atomic E-state index is 10.5. The van der Waals surface area contributed by atoms with Crippen molar-refractivity contribution in [3.63, 3.8) is 0 Å². The van der Waals surface area contributed by atoms with E-state index in [2.05, 4.69) is 15.9 Å². The van der Waals surface area contributed by atoms with Crippen molar-refractivity contribution in [1.82, 2.24) is 0 Å². The zero-order valence-corrected chi connectivity index (χ0v) is 9.63. The number of halogens is 2. The molecule has 0 saturated carbocycles. The molecule has 0 aliphatic rings. The number of carboxylic acids is 1. The van der Waals surface area contributed by atoms with Crippen LogP contribution in [-0.4, -0.2) is 16.2 Å². The Morgan fingerprint density at radius 3 is 2.64 bits per heavy atom. The van der Waals surface area contributed by atoms with Gasteiger partial charge in [-0.15, -0.1) is 0 Å². The highest BCUT2D eigenvalue weighted by Gasteiger charge is 2.20. The molecule has 0 aromatic heterocycles. The average Bonchev–Trinajstić information content (AvgIpc) is 2.13. The maximum atomic E-state index is 10.5. The minimum Gasteiger partial charge on any atom is -0.479 e. The number of carbonyl (C=O) groups is 1. The van der Waals surface area contributed by atoms with Crippen molar-refractivity contribution in [1.29, 1.82) is 0 Å². The number of hydrogen-bond acceptors (Lipinski definition) is 2. The van der Waals surface area contributed by atoms with E-state index in [-0.39, 0.29) is 0 Å². The summed E-state index contributed by atoms with van der Waals surface area (Å²) in [4.78, 5) is 10.5. The molecule has 1 unspecified atom stereocenters. The molecule has 0 fully saturated rings. The molecule has 0 amide bonds. The van der Waals surface area contributed by atoms with Crippen LogP contribution in [-0.2, 0) is 4.79 Å². The van der Waals surface area contributed by atoms with Gasteiger partial charge in [-0.25, -0.2) is 4.79 Å². The fourth-order valence-corrected chi connectivity index (χ4v) is 1.86. The first-order valence-corrected chi connectivity index (χ1v) is 4.97. The third kappa shape index (κ3) is 2.08. The monoisotopic (exact) mass is 278 g/mol. The van der Waals surface area contributed by atoms with Gasteiger partial charge in [0, 0.05) is 15.1 Å². The Morgan fingerprint density at radius 2 is 2.14 bits per heavy atom. The first-order valence-electron chi connectivity index (χ1n) is 3.80. The standard InChI is InChI=1S/C9H8BrClO3/c1-4-6(11)3-2-5(7(4)10)8(12)9(13)14/h2-3,8,12H,1H3,(H,13,14). The van der Waals surface area contributed by atoms with Gasteiger partial charge in [0.25, 0.3) is 0 Å². The Kier molecular flexibility index (Phi) is 3.53. The summed E-state index contributed by atoms with van der Waals surface area (Å²) in [5, 5.41) is 18.5. The number of aliphatic hydroxyl groups is 1. The Balaban J connectivity index is 3.24. The van der Waals surface area contributed by atoms with Crippen molar-refractivity contribution in [2.45, 2.75) is 13.0 Å². The van der Waals surface area contributed by atoms with Gasteiger partial charge in [0.15, 0.2) is 6.10 Å². The van der Waals surface area contributed by atoms with Gasteiger partial charge in [-0.05, 0) is 18.6 Å². The van der Waals surface area contributed by atoms with Gasteiger partial charge in [0.2, 0.25) is 0 Å². The van der Waals surface area contributed by atoms with Gasteiger partial charge in [-0.3, -0.25) is 0 Å². The summed E-state index contributed by atoms with van der Waals surface area (Å²) >= 11 is 9.00. The number of hydrogen-bond donors (Lipinski definition) is 2. The summed E-state index contributed by atoms with van der Waals surface area (Å²) in [5.41, 5.74) is 1.02. The highest BCUT2D eigenvalue weighted by molar-refractivity contribution is 9.10. The third-order valence-corrected chi connectivity index (χ3v) is 3.34. The smallest absolute Gasteiger partial charge is 0.337 e. The number of benzene rings is 1. The van der Waals surface area contributed by atoms with E-state index < -0.39 is 12.1 Å². The lowest BCUT2D eigenvalue weighted by molar-refractivity contribution is -0.147. The second-order valence-electron chi connectivity index (χ2n) is 2.82. The van der Waals surface area contributed by atoms with Crippen LogP contribution in [0.5, 0.6) is 0 Å². The molecule has 3 nitrogen and oxygen atoms in total. The number of rotatable bonds is 2. The first-order chi connectivity index (χ1) is 6.45. The van der Waals surface area contributed by atoms with E-state index in [0.717, 1.165) is 0 Å². The Bertz CT molecular complexity index is 379. The van der Waals surface area contributed by atoms with Crippen molar-refractivity contribution in [2.24, 2.45) is 0 Å². The molecule has 5 heteroatoms. The summed E-state index contributed by atoms with van der Waals surface area (Å²) in [6.07, 6.45) is -1.53. The molecule has 0 aliphatic heterocycles. The van der Waals surface area contributed by atoms with Gasteiger partial charge < -0.3 is 10.2 Å². The molecule has 2 N–H and O–H groups in total. The van der Waals surface area contributed by atoms with E-state index in [0.29, 0.717) is 20.6 Å². The maximum Gasteiger partial charge on any atom is 0.337 e. The van der Waals surface area contributed by atoms with Crippen LogP contribution in [0.2, 0.25) is 5.02 Å².